The van der Waals surface area contributed by atoms with Gasteiger partial charge in [-0.15, -0.1) is 0 Å². The number of aromatic nitrogens is 1. The molecule has 3 heteroatoms. The summed E-state index contributed by atoms with van der Waals surface area (Å²) in [6.07, 6.45) is 4.49. The second-order valence-electron chi connectivity index (χ2n) is 5.25. The highest BCUT2D eigenvalue weighted by molar-refractivity contribution is 5.25. The van der Waals surface area contributed by atoms with Crippen molar-refractivity contribution in [3.8, 4) is 5.88 Å². The smallest absolute Gasteiger partial charge is 0.213 e. The maximum Gasteiger partial charge on any atom is 0.213 e. The van der Waals surface area contributed by atoms with Crippen molar-refractivity contribution in [1.82, 2.24) is 10.3 Å². The van der Waals surface area contributed by atoms with Gasteiger partial charge < -0.3 is 10.1 Å². The van der Waals surface area contributed by atoms with Crippen LogP contribution in [-0.2, 0) is 13.0 Å². The van der Waals surface area contributed by atoms with Crippen LogP contribution in [0.25, 0.3) is 0 Å². The molecule has 0 aliphatic carbocycles. The zero-order valence-electron chi connectivity index (χ0n) is 12.8. The van der Waals surface area contributed by atoms with Crippen molar-refractivity contribution in [3.05, 3.63) is 23.4 Å². The molecular weight excluding hydrogens is 236 g/mol. The van der Waals surface area contributed by atoms with Crippen molar-refractivity contribution >= 4 is 0 Å². The summed E-state index contributed by atoms with van der Waals surface area (Å²) in [5, 5.41) is 3.43. The van der Waals surface area contributed by atoms with Crippen LogP contribution in [0, 0.1) is 0 Å². The van der Waals surface area contributed by atoms with Gasteiger partial charge in [0.2, 0.25) is 5.88 Å². The molecule has 0 saturated carbocycles. The number of hydrogen-bond acceptors (Lipinski definition) is 3. The van der Waals surface area contributed by atoms with Gasteiger partial charge in [-0.1, -0.05) is 40.5 Å². The Kier molecular flexibility index (Phi) is 7.49. The maximum absolute atomic E-state index is 5.76. The van der Waals surface area contributed by atoms with Crippen molar-refractivity contribution < 1.29 is 4.74 Å². The van der Waals surface area contributed by atoms with Crippen molar-refractivity contribution in [1.29, 1.82) is 0 Å². The summed E-state index contributed by atoms with van der Waals surface area (Å²) in [4.78, 5) is 4.53. The Balaban J connectivity index is 2.60. The van der Waals surface area contributed by atoms with E-state index >= 15 is 0 Å². The Hall–Kier alpha value is -1.09. The van der Waals surface area contributed by atoms with E-state index < -0.39 is 0 Å². The average molecular weight is 264 g/mol. The fourth-order valence-corrected chi connectivity index (χ4v) is 1.83. The van der Waals surface area contributed by atoms with Gasteiger partial charge in [0, 0.05) is 24.3 Å². The molecule has 19 heavy (non-hydrogen) atoms. The summed E-state index contributed by atoms with van der Waals surface area (Å²) in [6.45, 7) is 10.3. The predicted octanol–water partition coefficient (Wildman–Crippen LogP) is 3.71. The summed E-state index contributed by atoms with van der Waals surface area (Å²) in [5.41, 5.74) is 2.36. The molecule has 0 spiro atoms. The van der Waals surface area contributed by atoms with Gasteiger partial charge in [0.25, 0.3) is 0 Å². The van der Waals surface area contributed by atoms with Crippen LogP contribution >= 0.6 is 0 Å². The molecule has 3 nitrogen and oxygen atoms in total. The third-order valence-corrected chi connectivity index (χ3v) is 2.99. The number of unbranched alkanes of at least 4 members (excludes halogenated alkanes) is 2. The van der Waals surface area contributed by atoms with E-state index in [9.17, 15) is 0 Å². The van der Waals surface area contributed by atoms with E-state index in [4.69, 9.17) is 4.74 Å². The Morgan fingerprint density at radius 2 is 2.00 bits per heavy atom. The van der Waals surface area contributed by atoms with Crippen LogP contribution in [0.2, 0.25) is 0 Å². The normalized spacial score (nSPS) is 11.0. The lowest BCUT2D eigenvalue weighted by Crippen LogP contribution is -2.22. The fraction of sp³-hybridized carbons (Fsp3) is 0.688. The van der Waals surface area contributed by atoms with E-state index in [0.717, 1.165) is 37.6 Å². The summed E-state index contributed by atoms with van der Waals surface area (Å²) >= 11 is 0. The Labute approximate surface area is 117 Å². The molecule has 1 N–H and O–H groups in total. The van der Waals surface area contributed by atoms with Gasteiger partial charge in [-0.05, 0) is 24.5 Å². The number of hydrogen-bond donors (Lipinski definition) is 1. The molecular formula is C16H28N2O. The van der Waals surface area contributed by atoms with Crippen LogP contribution in [-0.4, -0.2) is 17.6 Å². The molecule has 1 aromatic rings. The number of aryl methyl sites for hydroxylation is 1. The minimum absolute atomic E-state index is 0.493. The summed E-state index contributed by atoms with van der Waals surface area (Å²) in [7, 11) is 0. The number of pyridine rings is 1. The van der Waals surface area contributed by atoms with Gasteiger partial charge in [-0.2, -0.15) is 0 Å². The van der Waals surface area contributed by atoms with E-state index in [1.165, 1.54) is 18.4 Å². The standard InChI is InChI=1S/C16H28N2O/c1-5-7-8-9-19-16-11-14(12-17-13(3)4)10-15(6-2)18-16/h10-11,13,17H,5-9,12H2,1-4H3. The van der Waals surface area contributed by atoms with Crippen LogP contribution in [0.5, 0.6) is 5.88 Å². The Morgan fingerprint density at radius 3 is 2.63 bits per heavy atom. The zero-order chi connectivity index (χ0) is 14.1. The average Bonchev–Trinajstić information content (AvgIpc) is 2.41. The second-order valence-corrected chi connectivity index (χ2v) is 5.25. The van der Waals surface area contributed by atoms with Gasteiger partial charge in [-0.3, -0.25) is 0 Å². The Morgan fingerprint density at radius 1 is 1.21 bits per heavy atom. The first-order valence-corrected chi connectivity index (χ1v) is 7.51. The van der Waals surface area contributed by atoms with Crippen molar-refractivity contribution in [2.45, 2.75) is 66.0 Å². The van der Waals surface area contributed by atoms with Gasteiger partial charge in [0.05, 0.1) is 6.61 Å². The molecule has 0 amide bonds. The van der Waals surface area contributed by atoms with Crippen molar-refractivity contribution in [3.63, 3.8) is 0 Å². The van der Waals surface area contributed by atoms with Crippen LogP contribution in [0.3, 0.4) is 0 Å². The monoisotopic (exact) mass is 264 g/mol. The summed E-state index contributed by atoms with van der Waals surface area (Å²) in [5.74, 6) is 0.774. The number of ether oxygens (including phenoxy) is 1. The van der Waals surface area contributed by atoms with E-state index in [1.54, 1.807) is 0 Å². The third kappa shape index (κ3) is 6.58. The minimum Gasteiger partial charge on any atom is -0.478 e. The quantitative estimate of drug-likeness (QED) is 0.690. The third-order valence-electron chi connectivity index (χ3n) is 2.99. The van der Waals surface area contributed by atoms with E-state index in [2.05, 4.69) is 50.1 Å². The minimum atomic E-state index is 0.493. The second kappa shape index (κ2) is 8.92. The molecule has 0 saturated heterocycles. The highest BCUT2D eigenvalue weighted by Crippen LogP contribution is 2.14. The molecule has 0 fully saturated rings. The number of nitrogens with one attached hydrogen (secondary N) is 1. The number of nitrogens with zero attached hydrogens (tertiary/aromatic N) is 1. The zero-order valence-corrected chi connectivity index (χ0v) is 12.8. The van der Waals surface area contributed by atoms with Crippen LogP contribution < -0.4 is 10.1 Å². The summed E-state index contributed by atoms with van der Waals surface area (Å²) < 4.78 is 5.76. The molecule has 0 atom stereocenters. The van der Waals surface area contributed by atoms with E-state index in [-0.39, 0.29) is 0 Å². The first kappa shape index (κ1) is 16.0. The van der Waals surface area contributed by atoms with Crippen LogP contribution in [0.1, 0.15) is 58.2 Å². The molecule has 0 aromatic carbocycles. The molecule has 0 aliphatic rings. The molecule has 0 radical (unpaired) electrons. The van der Waals surface area contributed by atoms with Crippen LogP contribution in [0.15, 0.2) is 12.1 Å². The topological polar surface area (TPSA) is 34.1 Å². The lowest BCUT2D eigenvalue weighted by atomic mass is 10.2. The van der Waals surface area contributed by atoms with Gasteiger partial charge in [0.1, 0.15) is 0 Å². The molecule has 0 unspecified atom stereocenters. The number of rotatable bonds is 9. The molecule has 0 bridgehead atoms. The first-order valence-electron chi connectivity index (χ1n) is 7.51. The van der Waals surface area contributed by atoms with E-state index in [0.29, 0.717) is 6.04 Å². The fourth-order valence-electron chi connectivity index (χ4n) is 1.83. The lowest BCUT2D eigenvalue weighted by molar-refractivity contribution is 0.293. The largest absolute Gasteiger partial charge is 0.478 e. The highest BCUT2D eigenvalue weighted by Gasteiger charge is 2.04. The molecule has 1 heterocycles. The van der Waals surface area contributed by atoms with Gasteiger partial charge >= 0.3 is 0 Å². The Bertz CT molecular complexity index is 364. The lowest BCUT2D eigenvalue weighted by Gasteiger charge is -2.12. The maximum atomic E-state index is 5.76. The van der Waals surface area contributed by atoms with Crippen molar-refractivity contribution in [2.75, 3.05) is 6.61 Å². The first-order chi connectivity index (χ1) is 9.15. The summed E-state index contributed by atoms with van der Waals surface area (Å²) in [6, 6.07) is 4.71. The molecule has 1 aromatic heterocycles. The molecule has 108 valence electrons. The van der Waals surface area contributed by atoms with E-state index in [1.807, 2.05) is 0 Å². The molecule has 0 aliphatic heterocycles. The van der Waals surface area contributed by atoms with Crippen molar-refractivity contribution in [2.24, 2.45) is 0 Å². The molecule has 1 rings (SSSR count). The van der Waals surface area contributed by atoms with Gasteiger partial charge in [-0.25, -0.2) is 4.98 Å². The SMILES string of the molecule is CCCCCOc1cc(CNC(C)C)cc(CC)n1. The van der Waals surface area contributed by atoms with Crippen LogP contribution in [0.4, 0.5) is 0 Å². The van der Waals surface area contributed by atoms with Gasteiger partial charge in [0.15, 0.2) is 0 Å². The highest BCUT2D eigenvalue weighted by atomic mass is 16.5. The predicted molar refractivity (Wildman–Crippen MR) is 80.6 cm³/mol.